The molecule has 0 unspecified atom stereocenters. The maximum Gasteiger partial charge on any atom is 0.283 e. The number of rotatable bonds is 2. The molecule has 1 atom stereocenters. The van der Waals surface area contributed by atoms with Gasteiger partial charge in [0, 0.05) is 53.3 Å². The Morgan fingerprint density at radius 2 is 1.76 bits per heavy atom. The molecule has 2 aliphatic rings. The summed E-state index contributed by atoms with van der Waals surface area (Å²) in [5.41, 5.74) is 8.67. The standard InChI is InChI=1S/C25H17F2N5O2/c26-21-12-14(5-8-29-21)16-11-19-23(31-13-16)34-20-4-3-15(17-2-1-7-30-22(17)27)10-18(20)25(19)6-9-33-24(28)32-25/h1-5,7-8,10-13H,6,9H2,(H2,28,32)/t25-/m0/s1. The van der Waals surface area contributed by atoms with Crippen LogP contribution in [0.3, 0.4) is 0 Å². The number of hydrogen-bond donors (Lipinski definition) is 1. The average Bonchev–Trinajstić information content (AvgIpc) is 2.84. The summed E-state index contributed by atoms with van der Waals surface area (Å²) in [7, 11) is 0. The molecule has 2 N–H and O–H groups in total. The lowest BCUT2D eigenvalue weighted by molar-refractivity contribution is 0.218. The lowest BCUT2D eigenvalue weighted by atomic mass is 9.77. The highest BCUT2D eigenvalue weighted by atomic mass is 19.1. The van der Waals surface area contributed by atoms with Crippen molar-refractivity contribution in [2.45, 2.75) is 12.0 Å². The van der Waals surface area contributed by atoms with Crippen LogP contribution < -0.4 is 10.5 Å². The first-order valence-electron chi connectivity index (χ1n) is 10.6. The van der Waals surface area contributed by atoms with Gasteiger partial charge in [-0.1, -0.05) is 6.07 Å². The van der Waals surface area contributed by atoms with E-state index in [9.17, 15) is 8.78 Å². The first-order valence-corrected chi connectivity index (χ1v) is 10.6. The van der Waals surface area contributed by atoms with Crippen LogP contribution in [-0.2, 0) is 10.3 Å². The van der Waals surface area contributed by atoms with Crippen molar-refractivity contribution in [3.05, 3.63) is 90.1 Å². The quantitative estimate of drug-likeness (QED) is 0.443. The summed E-state index contributed by atoms with van der Waals surface area (Å²) in [4.78, 5) is 16.6. The zero-order valence-corrected chi connectivity index (χ0v) is 17.7. The number of benzene rings is 1. The van der Waals surface area contributed by atoms with Crippen molar-refractivity contribution >= 4 is 6.02 Å². The van der Waals surface area contributed by atoms with Crippen molar-refractivity contribution < 1.29 is 18.3 Å². The van der Waals surface area contributed by atoms with Crippen molar-refractivity contribution in [3.8, 4) is 33.9 Å². The summed E-state index contributed by atoms with van der Waals surface area (Å²) >= 11 is 0. The summed E-state index contributed by atoms with van der Waals surface area (Å²) in [6.07, 6.45) is 4.85. The second-order valence-electron chi connectivity index (χ2n) is 8.01. The number of hydrogen-bond acceptors (Lipinski definition) is 7. The van der Waals surface area contributed by atoms with Gasteiger partial charge in [0.2, 0.25) is 17.8 Å². The number of nitrogens with two attached hydrogens (primary N) is 1. The fourth-order valence-corrected chi connectivity index (χ4v) is 4.50. The summed E-state index contributed by atoms with van der Waals surface area (Å²) < 4.78 is 39.8. The molecule has 168 valence electrons. The summed E-state index contributed by atoms with van der Waals surface area (Å²) in [6.45, 7) is 0.313. The lowest BCUT2D eigenvalue weighted by Gasteiger charge is -2.39. The van der Waals surface area contributed by atoms with E-state index >= 15 is 0 Å². The van der Waals surface area contributed by atoms with Gasteiger partial charge >= 0.3 is 0 Å². The highest BCUT2D eigenvalue weighted by Gasteiger charge is 2.45. The molecule has 9 heteroatoms. The minimum Gasteiger partial charge on any atom is -0.465 e. The number of halogens is 2. The van der Waals surface area contributed by atoms with Crippen molar-refractivity contribution in [1.82, 2.24) is 15.0 Å². The van der Waals surface area contributed by atoms with Crippen LogP contribution in [0.2, 0.25) is 0 Å². The van der Waals surface area contributed by atoms with Crippen LogP contribution in [0.15, 0.2) is 72.1 Å². The van der Waals surface area contributed by atoms with Crippen molar-refractivity contribution in [1.29, 1.82) is 0 Å². The SMILES string of the molecule is NC1=N[C@@]2(CCO1)c1cc(-c3cccnc3F)ccc1Oc1ncc(-c3ccnc(F)c3)cc12. The Bertz CT molecular complexity index is 1480. The summed E-state index contributed by atoms with van der Waals surface area (Å²) in [5.74, 6) is -0.269. The number of ether oxygens (including phenoxy) is 2. The van der Waals surface area contributed by atoms with Gasteiger partial charge in [-0.05, 0) is 47.5 Å². The van der Waals surface area contributed by atoms with E-state index in [0.717, 1.165) is 0 Å². The van der Waals surface area contributed by atoms with E-state index in [0.29, 0.717) is 58.0 Å². The molecule has 7 nitrogen and oxygen atoms in total. The fraction of sp³-hybridized carbons (Fsp3) is 0.120. The molecule has 0 bridgehead atoms. The van der Waals surface area contributed by atoms with Gasteiger partial charge < -0.3 is 15.2 Å². The Hall–Kier alpha value is -4.40. The summed E-state index contributed by atoms with van der Waals surface area (Å²) in [6, 6.07) is 13.6. The van der Waals surface area contributed by atoms with E-state index in [2.05, 4.69) is 15.0 Å². The average molecular weight is 457 g/mol. The number of aliphatic imine (C=N–C) groups is 1. The molecule has 6 rings (SSSR count). The third-order valence-electron chi connectivity index (χ3n) is 6.07. The van der Waals surface area contributed by atoms with E-state index in [4.69, 9.17) is 20.2 Å². The molecule has 2 aliphatic heterocycles. The van der Waals surface area contributed by atoms with E-state index in [1.807, 2.05) is 12.1 Å². The zero-order chi connectivity index (χ0) is 23.3. The first-order chi connectivity index (χ1) is 16.5. The first kappa shape index (κ1) is 20.2. The maximum absolute atomic E-state index is 14.5. The molecule has 0 amide bonds. The van der Waals surface area contributed by atoms with Crippen LogP contribution in [0.25, 0.3) is 22.3 Å². The molecule has 1 spiro atoms. The Balaban J connectivity index is 1.58. The van der Waals surface area contributed by atoms with Gasteiger partial charge in [-0.25, -0.2) is 19.9 Å². The Labute approximate surface area is 193 Å². The van der Waals surface area contributed by atoms with Gasteiger partial charge in [-0.2, -0.15) is 8.78 Å². The molecule has 4 aromatic rings. The molecule has 0 aliphatic carbocycles. The lowest BCUT2D eigenvalue weighted by Crippen LogP contribution is -2.38. The van der Waals surface area contributed by atoms with E-state index in [1.54, 1.807) is 36.5 Å². The molecular formula is C25H17F2N5O2. The number of nitrogens with zero attached hydrogens (tertiary/aromatic N) is 4. The van der Waals surface area contributed by atoms with E-state index < -0.39 is 17.4 Å². The van der Waals surface area contributed by atoms with Crippen molar-refractivity contribution in [3.63, 3.8) is 0 Å². The molecule has 0 saturated carbocycles. The second-order valence-corrected chi connectivity index (χ2v) is 8.01. The monoisotopic (exact) mass is 457 g/mol. The van der Waals surface area contributed by atoms with Crippen LogP contribution in [-0.4, -0.2) is 27.6 Å². The van der Waals surface area contributed by atoms with Crippen molar-refractivity contribution in [2.75, 3.05) is 6.61 Å². The van der Waals surface area contributed by atoms with Gasteiger partial charge in [0.15, 0.2) is 0 Å². The minimum absolute atomic E-state index is 0.0309. The molecule has 34 heavy (non-hydrogen) atoms. The molecule has 5 heterocycles. The molecule has 0 radical (unpaired) electrons. The molecule has 0 fully saturated rings. The van der Waals surface area contributed by atoms with Crippen LogP contribution in [0.5, 0.6) is 11.6 Å². The van der Waals surface area contributed by atoms with Crippen LogP contribution in [0, 0.1) is 11.9 Å². The predicted molar refractivity (Wildman–Crippen MR) is 120 cm³/mol. The third-order valence-corrected chi connectivity index (χ3v) is 6.07. The summed E-state index contributed by atoms with van der Waals surface area (Å²) in [5, 5.41) is 0. The third kappa shape index (κ3) is 3.16. The zero-order valence-electron chi connectivity index (χ0n) is 17.7. The minimum atomic E-state index is -0.978. The van der Waals surface area contributed by atoms with Gasteiger partial charge in [0.1, 0.15) is 11.3 Å². The number of pyridine rings is 3. The van der Waals surface area contributed by atoms with Gasteiger partial charge in [-0.15, -0.1) is 0 Å². The largest absolute Gasteiger partial charge is 0.465 e. The van der Waals surface area contributed by atoms with Crippen LogP contribution >= 0.6 is 0 Å². The van der Waals surface area contributed by atoms with Crippen LogP contribution in [0.1, 0.15) is 17.5 Å². The Morgan fingerprint density at radius 1 is 0.882 bits per heavy atom. The second kappa shape index (κ2) is 7.58. The molecule has 0 saturated heterocycles. The van der Waals surface area contributed by atoms with E-state index in [-0.39, 0.29) is 6.02 Å². The Kier molecular flexibility index (Phi) is 4.51. The molecular weight excluding hydrogens is 440 g/mol. The van der Waals surface area contributed by atoms with Gasteiger partial charge in [0.25, 0.3) is 6.02 Å². The highest BCUT2D eigenvalue weighted by Crippen LogP contribution is 2.52. The van der Waals surface area contributed by atoms with Gasteiger partial charge in [0.05, 0.1) is 6.61 Å². The maximum atomic E-state index is 14.5. The Morgan fingerprint density at radius 3 is 2.59 bits per heavy atom. The normalized spacial score (nSPS) is 18.4. The molecule has 1 aromatic carbocycles. The van der Waals surface area contributed by atoms with Crippen LogP contribution in [0.4, 0.5) is 8.78 Å². The smallest absolute Gasteiger partial charge is 0.283 e. The number of amidine groups is 1. The van der Waals surface area contributed by atoms with Gasteiger partial charge in [-0.3, -0.25) is 0 Å². The van der Waals surface area contributed by atoms with Crippen molar-refractivity contribution in [2.24, 2.45) is 10.7 Å². The molecule has 3 aromatic heterocycles. The fourth-order valence-electron chi connectivity index (χ4n) is 4.50. The number of aromatic nitrogens is 3. The predicted octanol–water partition coefficient (Wildman–Crippen LogP) is 4.57. The van der Waals surface area contributed by atoms with E-state index in [1.165, 1.54) is 18.5 Å². The topological polar surface area (TPSA) is 95.5 Å². The highest BCUT2D eigenvalue weighted by molar-refractivity contribution is 5.77. The number of fused-ring (bicyclic) bond motifs is 4.